The minimum absolute atomic E-state index is 0.129. The summed E-state index contributed by atoms with van der Waals surface area (Å²) in [5, 5.41) is 12.1. The van der Waals surface area contributed by atoms with E-state index in [2.05, 4.69) is 5.32 Å². The number of nitrogens with one attached hydrogen (secondary N) is 1. The highest BCUT2D eigenvalue weighted by molar-refractivity contribution is 8.00. The second kappa shape index (κ2) is 8.08. The molecule has 1 amide bonds. The van der Waals surface area contributed by atoms with Gasteiger partial charge in [-0.25, -0.2) is 0 Å². The number of amides is 1. The molecule has 0 aliphatic carbocycles. The Labute approximate surface area is 130 Å². The fourth-order valence-electron chi connectivity index (χ4n) is 2.06. The lowest BCUT2D eigenvalue weighted by molar-refractivity contribution is -0.149. The molecule has 1 rings (SSSR count). The van der Waals surface area contributed by atoms with Gasteiger partial charge in [0, 0.05) is 11.4 Å². The highest BCUT2D eigenvalue weighted by atomic mass is 32.2. The highest BCUT2D eigenvalue weighted by Gasteiger charge is 2.35. The van der Waals surface area contributed by atoms with Crippen molar-refractivity contribution in [3.8, 4) is 0 Å². The summed E-state index contributed by atoms with van der Waals surface area (Å²) in [4.78, 5) is 24.3. The van der Waals surface area contributed by atoms with E-state index in [1.54, 1.807) is 0 Å². The van der Waals surface area contributed by atoms with Crippen molar-refractivity contribution >= 4 is 23.6 Å². The maximum atomic E-state index is 11.9. The Kier molecular flexibility index (Phi) is 6.75. The molecular weight excluding hydrogens is 286 g/mol. The summed E-state index contributed by atoms with van der Waals surface area (Å²) < 4.78 is 0. The van der Waals surface area contributed by atoms with E-state index in [0.29, 0.717) is 18.6 Å². The molecular formula is C16H23NO3S. The Balaban J connectivity index is 2.51. The third-order valence-electron chi connectivity index (χ3n) is 3.88. The van der Waals surface area contributed by atoms with Gasteiger partial charge in [-0.2, -0.15) is 0 Å². The topological polar surface area (TPSA) is 66.4 Å². The number of aryl methyl sites for hydroxylation is 1. The lowest BCUT2D eigenvalue weighted by Crippen LogP contribution is -2.42. The summed E-state index contributed by atoms with van der Waals surface area (Å²) in [6, 6.07) is 7.89. The molecule has 0 aliphatic heterocycles. The Bertz CT molecular complexity index is 498. The first-order valence-corrected chi connectivity index (χ1v) is 8.12. The van der Waals surface area contributed by atoms with Gasteiger partial charge in [0.25, 0.3) is 0 Å². The molecule has 0 heterocycles. The number of hydrogen-bond acceptors (Lipinski definition) is 3. The quantitative estimate of drug-likeness (QED) is 0.724. The number of carboxylic acids is 1. The van der Waals surface area contributed by atoms with Crippen LogP contribution in [0.1, 0.15) is 32.3 Å². The summed E-state index contributed by atoms with van der Waals surface area (Å²) in [5.41, 5.74) is 0.278. The average molecular weight is 309 g/mol. The monoisotopic (exact) mass is 309 g/mol. The van der Waals surface area contributed by atoms with Gasteiger partial charge >= 0.3 is 5.97 Å². The summed E-state index contributed by atoms with van der Waals surface area (Å²) in [5.74, 6) is -0.677. The molecule has 5 heteroatoms. The zero-order valence-corrected chi connectivity index (χ0v) is 13.6. The van der Waals surface area contributed by atoms with Gasteiger partial charge in [0.15, 0.2) is 0 Å². The van der Waals surface area contributed by atoms with Gasteiger partial charge in [-0.3, -0.25) is 9.59 Å². The predicted octanol–water partition coefficient (Wildman–Crippen LogP) is 3.09. The Hall–Kier alpha value is -1.49. The zero-order valence-electron chi connectivity index (χ0n) is 12.8. The minimum Gasteiger partial charge on any atom is -0.481 e. The van der Waals surface area contributed by atoms with E-state index >= 15 is 0 Å². The molecule has 0 saturated carbocycles. The third-order valence-corrected chi connectivity index (χ3v) is 5.06. The van der Waals surface area contributed by atoms with E-state index in [4.69, 9.17) is 0 Å². The van der Waals surface area contributed by atoms with Crippen LogP contribution in [0.4, 0.5) is 0 Å². The molecule has 0 unspecified atom stereocenters. The summed E-state index contributed by atoms with van der Waals surface area (Å²) in [7, 11) is 0. The van der Waals surface area contributed by atoms with Crippen molar-refractivity contribution in [3.05, 3.63) is 29.8 Å². The van der Waals surface area contributed by atoms with E-state index in [9.17, 15) is 14.7 Å². The Morgan fingerprint density at radius 3 is 2.38 bits per heavy atom. The lowest BCUT2D eigenvalue weighted by atomic mass is 9.82. The molecule has 0 radical (unpaired) electrons. The van der Waals surface area contributed by atoms with E-state index in [-0.39, 0.29) is 12.5 Å². The van der Waals surface area contributed by atoms with Crippen molar-refractivity contribution in [1.82, 2.24) is 5.32 Å². The first-order chi connectivity index (χ1) is 9.95. The van der Waals surface area contributed by atoms with Gasteiger partial charge in [0.2, 0.25) is 5.91 Å². The number of aliphatic carboxylic acids is 1. The number of thioether (sulfide) groups is 1. The van der Waals surface area contributed by atoms with Crippen LogP contribution < -0.4 is 5.32 Å². The maximum Gasteiger partial charge on any atom is 0.311 e. The van der Waals surface area contributed by atoms with Crippen LogP contribution in [0, 0.1) is 12.3 Å². The van der Waals surface area contributed by atoms with Crippen LogP contribution in [0.3, 0.4) is 0 Å². The van der Waals surface area contributed by atoms with Gasteiger partial charge in [0.05, 0.1) is 11.2 Å². The standard InChI is InChI=1S/C16H23NO3S/c1-4-16(5-2,15(19)20)11-17-14(18)10-21-13-9-7-6-8-12(13)3/h6-9H,4-5,10-11H2,1-3H3,(H,17,18)(H,19,20). The van der Waals surface area contributed by atoms with E-state index in [0.717, 1.165) is 10.5 Å². The predicted molar refractivity (Wildman–Crippen MR) is 85.6 cm³/mol. The molecule has 4 nitrogen and oxygen atoms in total. The number of rotatable bonds is 8. The van der Waals surface area contributed by atoms with E-state index in [1.807, 2.05) is 45.0 Å². The molecule has 0 fully saturated rings. The number of carbonyl (C=O) groups excluding carboxylic acids is 1. The molecule has 21 heavy (non-hydrogen) atoms. The third kappa shape index (κ3) is 4.77. The van der Waals surface area contributed by atoms with Crippen molar-refractivity contribution in [2.45, 2.75) is 38.5 Å². The molecule has 1 aromatic carbocycles. The van der Waals surface area contributed by atoms with E-state index in [1.165, 1.54) is 11.8 Å². The molecule has 0 bridgehead atoms. The Morgan fingerprint density at radius 1 is 1.24 bits per heavy atom. The van der Waals surface area contributed by atoms with Gasteiger partial charge in [0.1, 0.15) is 0 Å². The molecule has 116 valence electrons. The number of carbonyl (C=O) groups is 2. The normalized spacial score (nSPS) is 11.2. The fourth-order valence-corrected chi connectivity index (χ4v) is 2.92. The van der Waals surface area contributed by atoms with Crippen molar-refractivity contribution < 1.29 is 14.7 Å². The smallest absolute Gasteiger partial charge is 0.311 e. The first kappa shape index (κ1) is 17.6. The summed E-state index contributed by atoms with van der Waals surface area (Å²) in [6.45, 7) is 5.87. The van der Waals surface area contributed by atoms with Gasteiger partial charge in [-0.05, 0) is 31.4 Å². The van der Waals surface area contributed by atoms with Crippen LogP contribution in [0.25, 0.3) is 0 Å². The van der Waals surface area contributed by atoms with Crippen LogP contribution >= 0.6 is 11.8 Å². The van der Waals surface area contributed by atoms with Crippen LogP contribution in [-0.2, 0) is 9.59 Å². The fraction of sp³-hybridized carbons (Fsp3) is 0.500. The largest absolute Gasteiger partial charge is 0.481 e. The van der Waals surface area contributed by atoms with Gasteiger partial charge < -0.3 is 10.4 Å². The van der Waals surface area contributed by atoms with Crippen LogP contribution in [0.15, 0.2) is 29.2 Å². The van der Waals surface area contributed by atoms with Crippen LogP contribution in [0.5, 0.6) is 0 Å². The van der Waals surface area contributed by atoms with Crippen molar-refractivity contribution in [2.24, 2.45) is 5.41 Å². The zero-order chi connectivity index (χ0) is 15.9. The van der Waals surface area contributed by atoms with Gasteiger partial charge in [-0.15, -0.1) is 11.8 Å². The minimum atomic E-state index is -0.858. The van der Waals surface area contributed by atoms with Crippen LogP contribution in [-0.4, -0.2) is 29.3 Å². The molecule has 1 aromatic rings. The number of carboxylic acid groups (broad SMARTS) is 1. The van der Waals surface area contributed by atoms with Crippen molar-refractivity contribution in [3.63, 3.8) is 0 Å². The van der Waals surface area contributed by atoms with Crippen LogP contribution in [0.2, 0.25) is 0 Å². The lowest BCUT2D eigenvalue weighted by Gasteiger charge is -2.26. The molecule has 2 N–H and O–H groups in total. The molecule has 0 saturated heterocycles. The highest BCUT2D eigenvalue weighted by Crippen LogP contribution is 2.26. The SMILES string of the molecule is CCC(CC)(CNC(=O)CSc1ccccc1C)C(=O)O. The second-order valence-electron chi connectivity index (χ2n) is 5.12. The molecule has 0 atom stereocenters. The second-order valence-corrected chi connectivity index (χ2v) is 6.14. The number of benzene rings is 1. The van der Waals surface area contributed by atoms with Gasteiger partial charge in [-0.1, -0.05) is 32.0 Å². The van der Waals surface area contributed by atoms with Crippen molar-refractivity contribution in [1.29, 1.82) is 0 Å². The molecule has 0 aliphatic rings. The van der Waals surface area contributed by atoms with E-state index < -0.39 is 11.4 Å². The summed E-state index contributed by atoms with van der Waals surface area (Å²) in [6.07, 6.45) is 1.01. The summed E-state index contributed by atoms with van der Waals surface area (Å²) >= 11 is 1.47. The average Bonchev–Trinajstić information content (AvgIpc) is 2.47. The first-order valence-electron chi connectivity index (χ1n) is 7.13. The molecule has 0 aromatic heterocycles. The number of hydrogen-bond donors (Lipinski definition) is 2. The molecule has 0 spiro atoms. The maximum absolute atomic E-state index is 11.9. The Morgan fingerprint density at radius 2 is 1.86 bits per heavy atom. The van der Waals surface area contributed by atoms with Crippen molar-refractivity contribution in [2.75, 3.05) is 12.3 Å².